The van der Waals surface area contributed by atoms with Gasteiger partial charge in [0.25, 0.3) is 0 Å². The van der Waals surface area contributed by atoms with Gasteiger partial charge in [-0.05, 0) is 42.8 Å². The van der Waals surface area contributed by atoms with Crippen LogP contribution in [0.15, 0.2) is 53.6 Å². The van der Waals surface area contributed by atoms with Crippen molar-refractivity contribution < 1.29 is 23.0 Å². The molecule has 0 aliphatic carbocycles. The zero-order valence-corrected chi connectivity index (χ0v) is 18.9. The number of hydrogen-bond acceptors (Lipinski definition) is 9. The number of ether oxygens (including phenoxy) is 2. The molecule has 0 aliphatic rings. The monoisotopic (exact) mass is 469 g/mol. The van der Waals surface area contributed by atoms with Crippen molar-refractivity contribution in [2.24, 2.45) is 0 Å². The molecule has 2 aromatic carbocycles. The molecule has 0 bridgehead atoms. The molecule has 0 aliphatic heterocycles. The van der Waals surface area contributed by atoms with Crippen molar-refractivity contribution in [3.05, 3.63) is 54.2 Å². The molecule has 3 N–H and O–H groups in total. The summed E-state index contributed by atoms with van der Waals surface area (Å²) in [5, 5.41) is 21.2. The van der Waals surface area contributed by atoms with Crippen molar-refractivity contribution in [1.82, 2.24) is 14.7 Å². The van der Waals surface area contributed by atoms with E-state index >= 15 is 0 Å². The minimum atomic E-state index is -3.80. The highest BCUT2D eigenvalue weighted by Gasteiger charge is 2.19. The quantitative estimate of drug-likeness (QED) is 0.381. The molecule has 0 amide bonds. The van der Waals surface area contributed by atoms with Crippen LogP contribution in [0.25, 0.3) is 11.3 Å². The van der Waals surface area contributed by atoms with E-state index in [0.29, 0.717) is 34.7 Å². The average molecular weight is 470 g/mol. The first-order valence-corrected chi connectivity index (χ1v) is 11.4. The van der Waals surface area contributed by atoms with Crippen molar-refractivity contribution in [2.45, 2.75) is 11.3 Å². The Bertz CT molecular complexity index is 1270. The zero-order valence-electron chi connectivity index (χ0n) is 18.1. The number of methoxy groups -OCH3 is 2. The van der Waals surface area contributed by atoms with Crippen molar-refractivity contribution >= 4 is 21.7 Å². The van der Waals surface area contributed by atoms with Gasteiger partial charge in [-0.1, -0.05) is 0 Å². The van der Waals surface area contributed by atoms with E-state index in [9.17, 15) is 13.7 Å². The highest BCUT2D eigenvalue weighted by atomic mass is 32.2. The Morgan fingerprint density at radius 3 is 2.58 bits per heavy atom. The Kier molecular flexibility index (Phi) is 7.78. The number of nitrogens with zero attached hydrogens (tertiary/aromatic N) is 3. The average Bonchev–Trinajstić information content (AvgIpc) is 2.83. The molecule has 3 rings (SSSR count). The van der Waals surface area contributed by atoms with Crippen LogP contribution in [0.3, 0.4) is 0 Å². The van der Waals surface area contributed by atoms with Crippen LogP contribution in [-0.2, 0) is 10.0 Å². The van der Waals surface area contributed by atoms with Gasteiger partial charge in [0.2, 0.25) is 16.0 Å². The molecule has 10 nitrogen and oxygen atoms in total. The maximum absolute atomic E-state index is 12.5. The van der Waals surface area contributed by atoms with Gasteiger partial charge in [-0.15, -0.1) is 0 Å². The van der Waals surface area contributed by atoms with E-state index in [1.807, 2.05) is 0 Å². The van der Waals surface area contributed by atoms with Crippen molar-refractivity contribution in [2.75, 3.05) is 32.7 Å². The molecule has 1 heterocycles. The number of aliphatic hydroxyl groups is 1. The number of sulfonamides is 1. The van der Waals surface area contributed by atoms with Gasteiger partial charge in [0.05, 0.1) is 25.5 Å². The maximum atomic E-state index is 12.5. The standard InChI is InChI=1S/C22H23N5O5S/c1-31-19-6-4-15(12-16(19)14-23)18-8-10-24-22(27-18)26-17-5-7-21(20(13-17)32-2)33(29,30)25-9-3-11-28/h4-8,10,12-13,25,28H,3,9,11H2,1-2H3,(H,24,26,27). The number of hydrogen-bond donors (Lipinski definition) is 3. The van der Waals surface area contributed by atoms with Crippen LogP contribution in [0.4, 0.5) is 11.6 Å². The van der Waals surface area contributed by atoms with Crippen LogP contribution in [0, 0.1) is 11.3 Å². The van der Waals surface area contributed by atoms with Gasteiger partial charge in [0, 0.05) is 36.7 Å². The summed E-state index contributed by atoms with van der Waals surface area (Å²) in [6, 6.07) is 13.5. The van der Waals surface area contributed by atoms with E-state index in [0.717, 1.165) is 0 Å². The van der Waals surface area contributed by atoms with E-state index in [1.165, 1.54) is 26.4 Å². The highest BCUT2D eigenvalue weighted by Crippen LogP contribution is 2.29. The fourth-order valence-corrected chi connectivity index (χ4v) is 4.22. The lowest BCUT2D eigenvalue weighted by molar-refractivity contribution is 0.289. The summed E-state index contributed by atoms with van der Waals surface area (Å²) in [5.41, 5.74) is 2.21. The Balaban J connectivity index is 1.85. The summed E-state index contributed by atoms with van der Waals surface area (Å²) in [6.07, 6.45) is 1.88. The number of nitriles is 1. The summed E-state index contributed by atoms with van der Waals surface area (Å²) in [4.78, 5) is 8.66. The lowest BCUT2D eigenvalue weighted by Gasteiger charge is -2.13. The third-order valence-electron chi connectivity index (χ3n) is 4.61. The zero-order chi connectivity index (χ0) is 23.8. The minimum absolute atomic E-state index is 0.0228. The SMILES string of the molecule is COc1ccc(-c2ccnc(Nc3ccc(S(=O)(=O)NCCCO)c(OC)c3)n2)cc1C#N. The number of aliphatic hydroxyl groups excluding tert-OH is 1. The van der Waals surface area contributed by atoms with E-state index in [2.05, 4.69) is 26.1 Å². The second kappa shape index (κ2) is 10.7. The number of benzene rings is 2. The van der Waals surface area contributed by atoms with Gasteiger partial charge in [-0.25, -0.2) is 23.1 Å². The molecule has 1 aromatic heterocycles. The third kappa shape index (κ3) is 5.75. The van der Waals surface area contributed by atoms with Crippen molar-refractivity contribution in [3.63, 3.8) is 0 Å². The summed E-state index contributed by atoms with van der Waals surface area (Å²) in [6.45, 7) is -0.00256. The second-order valence-corrected chi connectivity index (χ2v) is 8.49. The molecular weight excluding hydrogens is 446 g/mol. The Labute approximate surface area is 191 Å². The molecule has 0 atom stereocenters. The summed E-state index contributed by atoms with van der Waals surface area (Å²) >= 11 is 0. The fourth-order valence-electron chi connectivity index (χ4n) is 2.99. The van der Waals surface area contributed by atoms with Gasteiger partial charge in [-0.3, -0.25) is 0 Å². The molecule has 0 unspecified atom stereocenters. The Morgan fingerprint density at radius 2 is 1.88 bits per heavy atom. The summed E-state index contributed by atoms with van der Waals surface area (Å²) in [7, 11) is -0.929. The van der Waals surface area contributed by atoms with E-state index in [4.69, 9.17) is 14.6 Å². The molecule has 3 aromatic rings. The van der Waals surface area contributed by atoms with Gasteiger partial charge < -0.3 is 19.9 Å². The Morgan fingerprint density at radius 1 is 1.09 bits per heavy atom. The van der Waals surface area contributed by atoms with Crippen LogP contribution in [0.2, 0.25) is 0 Å². The van der Waals surface area contributed by atoms with E-state index < -0.39 is 10.0 Å². The smallest absolute Gasteiger partial charge is 0.244 e. The molecule has 0 spiro atoms. The van der Waals surface area contributed by atoms with Crippen LogP contribution in [0.5, 0.6) is 11.5 Å². The van der Waals surface area contributed by atoms with E-state index in [1.54, 1.807) is 36.5 Å². The third-order valence-corrected chi connectivity index (χ3v) is 6.11. The molecule has 172 valence electrons. The Hall–Kier alpha value is -3.72. The molecule has 0 fully saturated rings. The summed E-state index contributed by atoms with van der Waals surface area (Å²) in [5.74, 6) is 0.892. The fraction of sp³-hybridized carbons (Fsp3) is 0.227. The minimum Gasteiger partial charge on any atom is -0.495 e. The molecule has 0 radical (unpaired) electrons. The first kappa shape index (κ1) is 23.9. The largest absolute Gasteiger partial charge is 0.495 e. The van der Waals surface area contributed by atoms with E-state index in [-0.39, 0.29) is 29.7 Å². The van der Waals surface area contributed by atoms with Crippen molar-refractivity contribution in [1.29, 1.82) is 5.26 Å². The normalized spacial score (nSPS) is 11.0. The van der Waals surface area contributed by atoms with Crippen LogP contribution < -0.4 is 19.5 Å². The van der Waals surface area contributed by atoms with Gasteiger partial charge >= 0.3 is 0 Å². The first-order valence-electron chi connectivity index (χ1n) is 9.89. The lowest BCUT2D eigenvalue weighted by Crippen LogP contribution is -2.25. The highest BCUT2D eigenvalue weighted by molar-refractivity contribution is 7.89. The molecule has 0 saturated heterocycles. The van der Waals surface area contributed by atoms with Gasteiger partial charge in [0.1, 0.15) is 22.5 Å². The van der Waals surface area contributed by atoms with Gasteiger partial charge in [-0.2, -0.15) is 5.26 Å². The molecule has 0 saturated carbocycles. The topological polar surface area (TPSA) is 146 Å². The molecular formula is C22H23N5O5S. The first-order chi connectivity index (χ1) is 15.9. The number of aromatic nitrogens is 2. The lowest BCUT2D eigenvalue weighted by atomic mass is 10.1. The second-order valence-electron chi connectivity index (χ2n) is 6.76. The molecule has 11 heteroatoms. The summed E-state index contributed by atoms with van der Waals surface area (Å²) < 4.78 is 37.9. The van der Waals surface area contributed by atoms with Crippen LogP contribution >= 0.6 is 0 Å². The maximum Gasteiger partial charge on any atom is 0.244 e. The predicted octanol–water partition coefficient (Wildman–Crippen LogP) is 2.44. The molecule has 33 heavy (non-hydrogen) atoms. The number of nitrogens with one attached hydrogen (secondary N) is 2. The number of rotatable bonds is 10. The van der Waals surface area contributed by atoms with Crippen LogP contribution in [-0.4, -0.2) is 50.9 Å². The van der Waals surface area contributed by atoms with Crippen LogP contribution in [0.1, 0.15) is 12.0 Å². The predicted molar refractivity (Wildman–Crippen MR) is 122 cm³/mol. The van der Waals surface area contributed by atoms with Crippen molar-refractivity contribution in [3.8, 4) is 28.8 Å². The van der Waals surface area contributed by atoms with Gasteiger partial charge in [0.15, 0.2) is 0 Å². The number of anilines is 2.